The quantitative estimate of drug-likeness (QED) is 0.552. The van der Waals surface area contributed by atoms with Gasteiger partial charge in [-0.05, 0) is 24.5 Å². The number of rotatable bonds is 1. The molecule has 0 amide bonds. The van der Waals surface area contributed by atoms with Crippen molar-refractivity contribution in [1.29, 1.82) is 0 Å². The molecule has 1 radical (unpaired) electrons. The van der Waals surface area contributed by atoms with E-state index < -0.39 is 0 Å². The first-order valence-corrected chi connectivity index (χ1v) is 3.04. The van der Waals surface area contributed by atoms with Gasteiger partial charge in [-0.1, -0.05) is 13.0 Å². The summed E-state index contributed by atoms with van der Waals surface area (Å²) in [6, 6.07) is 2.10. The second-order valence-corrected chi connectivity index (χ2v) is 2.08. The standard InChI is InChI=1S/C8H10N/c1-3-8-4-7(2)5-9-6-8/h3-6H,1-2H3. The fourth-order valence-electron chi connectivity index (χ4n) is 0.736. The third kappa shape index (κ3) is 1.53. The van der Waals surface area contributed by atoms with Gasteiger partial charge < -0.3 is 0 Å². The molecule has 0 aromatic carbocycles. The number of aromatic nitrogens is 1. The van der Waals surface area contributed by atoms with Gasteiger partial charge in [0.05, 0.1) is 0 Å². The summed E-state index contributed by atoms with van der Waals surface area (Å²) in [5.74, 6) is 0. The van der Waals surface area contributed by atoms with Crippen molar-refractivity contribution in [2.24, 2.45) is 0 Å². The van der Waals surface area contributed by atoms with Crippen molar-refractivity contribution >= 4 is 0 Å². The summed E-state index contributed by atoms with van der Waals surface area (Å²) in [7, 11) is 0. The zero-order chi connectivity index (χ0) is 6.69. The van der Waals surface area contributed by atoms with Crippen LogP contribution in [0.15, 0.2) is 18.5 Å². The Morgan fingerprint density at radius 3 is 2.67 bits per heavy atom. The van der Waals surface area contributed by atoms with E-state index in [4.69, 9.17) is 0 Å². The number of hydrogen-bond acceptors (Lipinski definition) is 1. The Hall–Kier alpha value is -0.850. The van der Waals surface area contributed by atoms with Crippen LogP contribution in [0.5, 0.6) is 0 Å². The zero-order valence-corrected chi connectivity index (χ0v) is 5.76. The highest BCUT2D eigenvalue weighted by Gasteiger charge is 1.87. The van der Waals surface area contributed by atoms with Crippen LogP contribution in [0.3, 0.4) is 0 Å². The number of pyridine rings is 1. The van der Waals surface area contributed by atoms with E-state index in [-0.39, 0.29) is 0 Å². The van der Waals surface area contributed by atoms with Crippen LogP contribution >= 0.6 is 0 Å². The maximum atomic E-state index is 4.02. The lowest BCUT2D eigenvalue weighted by molar-refractivity contribution is 1.22. The minimum atomic E-state index is 1.19. The average Bonchev–Trinajstić information content (AvgIpc) is 1.88. The Labute approximate surface area is 55.7 Å². The molecule has 0 saturated heterocycles. The molecule has 9 heavy (non-hydrogen) atoms. The summed E-state index contributed by atoms with van der Waals surface area (Å²) in [4.78, 5) is 4.02. The normalized spacial score (nSPS) is 9.56. The van der Waals surface area contributed by atoms with Crippen LogP contribution in [0, 0.1) is 13.3 Å². The van der Waals surface area contributed by atoms with Crippen LogP contribution in [0.1, 0.15) is 18.1 Å². The first-order chi connectivity index (χ1) is 4.33. The fraction of sp³-hybridized carbons (Fsp3) is 0.250. The number of aryl methyl sites for hydroxylation is 1. The molecule has 0 aliphatic carbocycles. The Morgan fingerprint density at radius 1 is 1.44 bits per heavy atom. The topological polar surface area (TPSA) is 12.9 Å². The van der Waals surface area contributed by atoms with Crippen molar-refractivity contribution < 1.29 is 0 Å². The molecule has 0 aliphatic rings. The number of hydrogen-bond donors (Lipinski definition) is 0. The van der Waals surface area contributed by atoms with Gasteiger partial charge in [0, 0.05) is 12.4 Å². The van der Waals surface area contributed by atoms with Crippen molar-refractivity contribution in [3.8, 4) is 0 Å². The van der Waals surface area contributed by atoms with Crippen LogP contribution in [0.4, 0.5) is 0 Å². The summed E-state index contributed by atoms with van der Waals surface area (Å²) >= 11 is 0. The van der Waals surface area contributed by atoms with E-state index in [0.717, 1.165) is 0 Å². The van der Waals surface area contributed by atoms with E-state index >= 15 is 0 Å². The minimum Gasteiger partial charge on any atom is -0.264 e. The Morgan fingerprint density at radius 2 is 2.22 bits per heavy atom. The highest BCUT2D eigenvalue weighted by atomic mass is 14.6. The zero-order valence-electron chi connectivity index (χ0n) is 5.76. The predicted molar refractivity (Wildman–Crippen MR) is 38.1 cm³/mol. The molecule has 0 saturated carbocycles. The maximum Gasteiger partial charge on any atom is 0.0303 e. The molecule has 0 bridgehead atoms. The van der Waals surface area contributed by atoms with Crippen molar-refractivity contribution in [3.05, 3.63) is 36.0 Å². The molecule has 0 atom stereocenters. The summed E-state index contributed by atoms with van der Waals surface area (Å²) in [6.07, 6.45) is 5.75. The smallest absolute Gasteiger partial charge is 0.0303 e. The lowest BCUT2D eigenvalue weighted by atomic mass is 10.2. The summed E-state index contributed by atoms with van der Waals surface area (Å²) in [5, 5.41) is 0. The van der Waals surface area contributed by atoms with E-state index in [2.05, 4.69) is 11.1 Å². The van der Waals surface area contributed by atoms with E-state index in [1.54, 1.807) is 0 Å². The highest BCUT2D eigenvalue weighted by Crippen LogP contribution is 2.01. The minimum absolute atomic E-state index is 1.19. The predicted octanol–water partition coefficient (Wildman–Crippen LogP) is 1.96. The highest BCUT2D eigenvalue weighted by molar-refractivity contribution is 5.22. The fourth-order valence-corrected chi connectivity index (χ4v) is 0.736. The van der Waals surface area contributed by atoms with Crippen molar-refractivity contribution in [3.63, 3.8) is 0 Å². The molecule has 1 heteroatoms. The first-order valence-electron chi connectivity index (χ1n) is 3.04. The molecule has 1 aromatic heterocycles. The Bertz CT molecular complexity index is 194. The van der Waals surface area contributed by atoms with Crippen LogP contribution in [0.25, 0.3) is 0 Å². The van der Waals surface area contributed by atoms with Gasteiger partial charge in [-0.3, -0.25) is 4.98 Å². The van der Waals surface area contributed by atoms with Gasteiger partial charge in [0.1, 0.15) is 0 Å². The van der Waals surface area contributed by atoms with Gasteiger partial charge in [0.15, 0.2) is 0 Å². The summed E-state index contributed by atoms with van der Waals surface area (Å²) in [5.41, 5.74) is 2.40. The first kappa shape index (κ1) is 6.27. The Balaban J connectivity index is 2.94. The van der Waals surface area contributed by atoms with E-state index in [1.807, 2.05) is 32.7 Å². The second kappa shape index (κ2) is 2.62. The molecule has 0 spiro atoms. The summed E-state index contributed by atoms with van der Waals surface area (Å²) in [6.45, 7) is 4.05. The van der Waals surface area contributed by atoms with Crippen LogP contribution in [0.2, 0.25) is 0 Å². The van der Waals surface area contributed by atoms with Gasteiger partial charge in [0.2, 0.25) is 0 Å². The van der Waals surface area contributed by atoms with E-state index in [9.17, 15) is 0 Å². The van der Waals surface area contributed by atoms with Gasteiger partial charge in [0.25, 0.3) is 0 Å². The third-order valence-corrected chi connectivity index (χ3v) is 1.23. The maximum absolute atomic E-state index is 4.02. The molecular formula is C8H10N. The molecule has 1 nitrogen and oxygen atoms in total. The van der Waals surface area contributed by atoms with Crippen LogP contribution in [-0.4, -0.2) is 4.98 Å². The van der Waals surface area contributed by atoms with Gasteiger partial charge in [-0.25, -0.2) is 0 Å². The molecule has 1 aromatic rings. The Kier molecular flexibility index (Phi) is 1.83. The molecule has 0 aliphatic heterocycles. The van der Waals surface area contributed by atoms with Crippen LogP contribution < -0.4 is 0 Å². The molecule has 0 fully saturated rings. The molecule has 47 valence electrons. The second-order valence-electron chi connectivity index (χ2n) is 2.08. The summed E-state index contributed by atoms with van der Waals surface area (Å²) < 4.78 is 0. The van der Waals surface area contributed by atoms with Crippen molar-refractivity contribution in [1.82, 2.24) is 4.98 Å². The van der Waals surface area contributed by atoms with Crippen molar-refractivity contribution in [2.75, 3.05) is 0 Å². The average molecular weight is 120 g/mol. The van der Waals surface area contributed by atoms with Crippen molar-refractivity contribution in [2.45, 2.75) is 13.8 Å². The third-order valence-electron chi connectivity index (χ3n) is 1.23. The molecular weight excluding hydrogens is 110 g/mol. The van der Waals surface area contributed by atoms with Gasteiger partial charge in [-0.15, -0.1) is 0 Å². The lowest BCUT2D eigenvalue weighted by Gasteiger charge is -1.94. The van der Waals surface area contributed by atoms with E-state index in [0.29, 0.717) is 0 Å². The molecule has 1 rings (SSSR count). The molecule has 1 heterocycles. The number of nitrogens with zero attached hydrogens (tertiary/aromatic N) is 1. The largest absolute Gasteiger partial charge is 0.264 e. The van der Waals surface area contributed by atoms with Gasteiger partial charge >= 0.3 is 0 Å². The van der Waals surface area contributed by atoms with Gasteiger partial charge in [-0.2, -0.15) is 0 Å². The monoisotopic (exact) mass is 120 g/mol. The van der Waals surface area contributed by atoms with Crippen LogP contribution in [-0.2, 0) is 0 Å². The van der Waals surface area contributed by atoms with E-state index in [1.165, 1.54) is 11.1 Å². The SMILES string of the molecule is C[CH]c1cncc(C)c1. The molecule has 0 unspecified atom stereocenters. The molecule has 0 N–H and O–H groups in total. The lowest BCUT2D eigenvalue weighted by Crippen LogP contribution is -1.81.